The lowest BCUT2D eigenvalue weighted by Crippen LogP contribution is -2.47. The van der Waals surface area contributed by atoms with E-state index < -0.39 is 0 Å². The van der Waals surface area contributed by atoms with Crippen molar-refractivity contribution in [1.82, 2.24) is 5.32 Å². The quantitative estimate of drug-likeness (QED) is 0.773. The van der Waals surface area contributed by atoms with E-state index in [-0.39, 0.29) is 23.8 Å². The maximum absolute atomic E-state index is 13.9. The molecule has 1 aromatic carbocycles. The summed E-state index contributed by atoms with van der Waals surface area (Å²) in [5, 5.41) is 2.97. The first-order chi connectivity index (χ1) is 9.89. The third-order valence-corrected chi connectivity index (χ3v) is 3.52. The molecule has 1 aromatic rings. The Bertz CT molecular complexity index is 463. The van der Waals surface area contributed by atoms with E-state index in [1.807, 2.05) is 20.8 Å². The molecule has 0 saturated carbocycles. The van der Waals surface area contributed by atoms with Crippen molar-refractivity contribution in [3.63, 3.8) is 0 Å². The van der Waals surface area contributed by atoms with E-state index in [1.54, 1.807) is 23.1 Å². The molecule has 0 heterocycles. The second-order valence-electron chi connectivity index (χ2n) is 5.80. The Kier molecular flexibility index (Phi) is 6.62. The van der Waals surface area contributed by atoms with E-state index in [4.69, 9.17) is 5.73 Å². The Hall–Kier alpha value is -1.62. The first-order valence-corrected chi connectivity index (χ1v) is 7.40. The molecule has 4 nitrogen and oxygen atoms in total. The highest BCUT2D eigenvalue weighted by molar-refractivity contribution is 5.82. The summed E-state index contributed by atoms with van der Waals surface area (Å²) < 4.78 is 13.9. The number of amides is 1. The average molecular weight is 295 g/mol. The Balaban J connectivity index is 2.80. The summed E-state index contributed by atoms with van der Waals surface area (Å²) in [7, 11) is 0. The predicted molar refractivity (Wildman–Crippen MR) is 84.8 cm³/mol. The Morgan fingerprint density at radius 2 is 2.05 bits per heavy atom. The van der Waals surface area contributed by atoms with Gasteiger partial charge in [0, 0.05) is 12.1 Å². The van der Waals surface area contributed by atoms with E-state index in [0.29, 0.717) is 25.2 Å². The minimum Gasteiger partial charge on any atom is -0.360 e. The Labute approximate surface area is 126 Å². The van der Waals surface area contributed by atoms with Crippen molar-refractivity contribution in [3.8, 4) is 0 Å². The molecule has 0 atom stereocenters. The molecule has 0 aromatic heterocycles. The van der Waals surface area contributed by atoms with Crippen LogP contribution < -0.4 is 16.0 Å². The maximum Gasteiger partial charge on any atom is 0.239 e. The van der Waals surface area contributed by atoms with Crippen LogP contribution >= 0.6 is 0 Å². The van der Waals surface area contributed by atoms with E-state index in [0.717, 1.165) is 6.42 Å². The van der Waals surface area contributed by atoms with Gasteiger partial charge in [-0.2, -0.15) is 0 Å². The lowest BCUT2D eigenvalue weighted by molar-refractivity contribution is -0.121. The van der Waals surface area contributed by atoms with Crippen molar-refractivity contribution in [3.05, 3.63) is 30.1 Å². The van der Waals surface area contributed by atoms with E-state index in [9.17, 15) is 9.18 Å². The van der Waals surface area contributed by atoms with Crippen molar-refractivity contribution < 1.29 is 9.18 Å². The number of rotatable bonds is 8. The molecule has 0 bridgehead atoms. The monoisotopic (exact) mass is 295 g/mol. The summed E-state index contributed by atoms with van der Waals surface area (Å²) >= 11 is 0. The molecule has 118 valence electrons. The number of carbonyl (C=O) groups excluding carboxylic acids is 1. The first kappa shape index (κ1) is 17.4. The van der Waals surface area contributed by atoms with Gasteiger partial charge in [0.25, 0.3) is 0 Å². The maximum atomic E-state index is 13.9. The highest BCUT2D eigenvalue weighted by Gasteiger charge is 2.20. The average Bonchev–Trinajstić information content (AvgIpc) is 2.43. The van der Waals surface area contributed by atoms with Crippen LogP contribution in [0, 0.1) is 5.82 Å². The number of halogens is 1. The van der Waals surface area contributed by atoms with Gasteiger partial charge in [0.15, 0.2) is 0 Å². The molecule has 0 aliphatic carbocycles. The number of hydrogen-bond donors (Lipinski definition) is 2. The van der Waals surface area contributed by atoms with Gasteiger partial charge in [-0.1, -0.05) is 19.1 Å². The second kappa shape index (κ2) is 7.98. The molecule has 0 aliphatic heterocycles. The smallest absolute Gasteiger partial charge is 0.239 e. The molecular weight excluding hydrogens is 269 g/mol. The highest BCUT2D eigenvalue weighted by Crippen LogP contribution is 2.19. The SMILES string of the molecule is CCC(C)(C)NC(=O)CN(CCCN)c1ccccc1F. The van der Waals surface area contributed by atoms with Gasteiger partial charge in [0.2, 0.25) is 5.91 Å². The molecule has 0 saturated heterocycles. The summed E-state index contributed by atoms with van der Waals surface area (Å²) in [5.74, 6) is -0.431. The molecular formula is C16H26FN3O. The van der Waals surface area contributed by atoms with E-state index in [2.05, 4.69) is 5.32 Å². The van der Waals surface area contributed by atoms with Gasteiger partial charge in [-0.05, 0) is 45.4 Å². The van der Waals surface area contributed by atoms with Crippen LogP contribution in [0.15, 0.2) is 24.3 Å². The standard InChI is InChI=1S/C16H26FN3O/c1-4-16(2,3)19-15(21)12-20(11-7-10-18)14-9-6-5-8-13(14)17/h5-6,8-9H,4,7,10-12,18H2,1-3H3,(H,19,21). The van der Waals surface area contributed by atoms with Gasteiger partial charge in [0.05, 0.1) is 12.2 Å². The number of hydrogen-bond acceptors (Lipinski definition) is 3. The summed E-state index contributed by atoms with van der Waals surface area (Å²) in [5.41, 5.74) is 5.71. The fourth-order valence-electron chi connectivity index (χ4n) is 1.95. The van der Waals surface area contributed by atoms with Gasteiger partial charge >= 0.3 is 0 Å². The molecule has 0 unspecified atom stereocenters. The fraction of sp³-hybridized carbons (Fsp3) is 0.562. The van der Waals surface area contributed by atoms with Crippen LogP contribution in [0.2, 0.25) is 0 Å². The summed E-state index contributed by atoms with van der Waals surface area (Å²) in [6, 6.07) is 6.49. The number of nitrogens with one attached hydrogen (secondary N) is 1. The number of para-hydroxylation sites is 1. The molecule has 5 heteroatoms. The zero-order valence-corrected chi connectivity index (χ0v) is 13.2. The molecule has 0 spiro atoms. The van der Waals surface area contributed by atoms with Crippen LogP contribution in [0.25, 0.3) is 0 Å². The van der Waals surface area contributed by atoms with Gasteiger partial charge in [-0.3, -0.25) is 4.79 Å². The second-order valence-corrected chi connectivity index (χ2v) is 5.80. The topological polar surface area (TPSA) is 58.4 Å². The third-order valence-electron chi connectivity index (χ3n) is 3.52. The van der Waals surface area contributed by atoms with Crippen molar-refractivity contribution >= 4 is 11.6 Å². The van der Waals surface area contributed by atoms with Gasteiger partial charge in [-0.25, -0.2) is 4.39 Å². The Morgan fingerprint density at radius 1 is 1.38 bits per heavy atom. The minimum atomic E-state index is -0.322. The van der Waals surface area contributed by atoms with Crippen molar-refractivity contribution in [2.45, 2.75) is 39.2 Å². The van der Waals surface area contributed by atoms with Gasteiger partial charge in [-0.15, -0.1) is 0 Å². The zero-order valence-electron chi connectivity index (χ0n) is 13.2. The molecule has 1 rings (SSSR count). The zero-order chi connectivity index (χ0) is 15.9. The number of anilines is 1. The van der Waals surface area contributed by atoms with Crippen LogP contribution in [0.5, 0.6) is 0 Å². The van der Waals surface area contributed by atoms with Crippen LogP contribution in [0.3, 0.4) is 0 Å². The molecule has 3 N–H and O–H groups in total. The molecule has 21 heavy (non-hydrogen) atoms. The van der Waals surface area contributed by atoms with Crippen LogP contribution in [0.4, 0.5) is 10.1 Å². The first-order valence-electron chi connectivity index (χ1n) is 7.40. The highest BCUT2D eigenvalue weighted by atomic mass is 19.1. The number of benzene rings is 1. The third kappa shape index (κ3) is 5.71. The summed E-state index contributed by atoms with van der Waals surface area (Å²) in [4.78, 5) is 13.9. The normalized spacial score (nSPS) is 11.3. The lowest BCUT2D eigenvalue weighted by Gasteiger charge is -2.29. The van der Waals surface area contributed by atoms with Gasteiger partial charge < -0.3 is 16.0 Å². The van der Waals surface area contributed by atoms with Crippen molar-refractivity contribution in [1.29, 1.82) is 0 Å². The largest absolute Gasteiger partial charge is 0.360 e. The van der Waals surface area contributed by atoms with Gasteiger partial charge in [0.1, 0.15) is 5.82 Å². The molecule has 1 amide bonds. The molecule has 0 radical (unpaired) electrons. The van der Waals surface area contributed by atoms with E-state index >= 15 is 0 Å². The summed E-state index contributed by atoms with van der Waals surface area (Å²) in [6.45, 7) is 7.15. The minimum absolute atomic E-state index is 0.109. The van der Waals surface area contributed by atoms with Crippen LogP contribution in [0.1, 0.15) is 33.6 Å². The van der Waals surface area contributed by atoms with Crippen LogP contribution in [-0.4, -0.2) is 31.1 Å². The number of carbonyl (C=O) groups is 1. The van der Waals surface area contributed by atoms with Crippen LogP contribution in [-0.2, 0) is 4.79 Å². The van der Waals surface area contributed by atoms with Crippen molar-refractivity contribution in [2.24, 2.45) is 5.73 Å². The van der Waals surface area contributed by atoms with E-state index in [1.165, 1.54) is 6.07 Å². The molecule has 0 fully saturated rings. The number of nitrogens with zero attached hydrogens (tertiary/aromatic N) is 1. The van der Waals surface area contributed by atoms with Crippen molar-refractivity contribution in [2.75, 3.05) is 24.5 Å². The molecule has 0 aliphatic rings. The summed E-state index contributed by atoms with van der Waals surface area (Å²) in [6.07, 6.45) is 1.54. The predicted octanol–water partition coefficient (Wildman–Crippen LogP) is 2.29. The fourth-order valence-corrected chi connectivity index (χ4v) is 1.95. The Morgan fingerprint density at radius 3 is 2.62 bits per heavy atom. The number of nitrogens with two attached hydrogens (primary N) is 1. The lowest BCUT2D eigenvalue weighted by atomic mass is 10.0.